The molecule has 0 N–H and O–H groups in total. The van der Waals surface area contributed by atoms with Gasteiger partial charge < -0.3 is 4.90 Å². The molecule has 0 saturated heterocycles. The van der Waals surface area contributed by atoms with Gasteiger partial charge in [0.1, 0.15) is 4.83 Å². The summed E-state index contributed by atoms with van der Waals surface area (Å²) in [6.45, 7) is 6.13. The second-order valence-corrected chi connectivity index (χ2v) is 9.64. The molecular weight excluding hydrogens is 380 g/mol. The van der Waals surface area contributed by atoms with Gasteiger partial charge in [0.15, 0.2) is 0 Å². The number of hydrogen-bond donors (Lipinski definition) is 0. The zero-order valence-corrected chi connectivity index (χ0v) is 18.4. The summed E-state index contributed by atoms with van der Waals surface area (Å²) < 4.78 is 1.81. The van der Waals surface area contributed by atoms with E-state index < -0.39 is 0 Å². The van der Waals surface area contributed by atoms with Gasteiger partial charge in [-0.3, -0.25) is 14.3 Å². The second kappa shape index (κ2) is 8.76. The van der Waals surface area contributed by atoms with E-state index >= 15 is 0 Å². The highest BCUT2D eigenvalue weighted by atomic mass is 32.1. The maximum atomic E-state index is 13.1. The van der Waals surface area contributed by atoms with Crippen LogP contribution in [0.5, 0.6) is 0 Å². The number of aromatic nitrogens is 3. The number of fused-ring (bicyclic) bond motifs is 3. The van der Waals surface area contributed by atoms with E-state index in [0.717, 1.165) is 61.1 Å². The highest BCUT2D eigenvalue weighted by Crippen LogP contribution is 2.34. The lowest BCUT2D eigenvalue weighted by atomic mass is 9.92. The molecule has 3 aromatic heterocycles. The van der Waals surface area contributed by atoms with E-state index in [9.17, 15) is 4.79 Å². The minimum Gasteiger partial charge on any atom is -0.303 e. The number of hydrogen-bond acceptors (Lipinski definition) is 5. The van der Waals surface area contributed by atoms with Crippen molar-refractivity contribution < 1.29 is 0 Å². The first-order valence-electron chi connectivity index (χ1n) is 10.6. The lowest BCUT2D eigenvalue weighted by Crippen LogP contribution is -2.37. The van der Waals surface area contributed by atoms with Gasteiger partial charge in [-0.25, -0.2) is 4.98 Å². The fourth-order valence-electron chi connectivity index (χ4n) is 4.14. The van der Waals surface area contributed by atoms with Crippen molar-refractivity contribution in [1.82, 2.24) is 19.4 Å². The van der Waals surface area contributed by atoms with Crippen molar-refractivity contribution in [2.24, 2.45) is 5.92 Å². The first-order valence-corrected chi connectivity index (χ1v) is 11.4. The molecule has 154 valence electrons. The Labute approximate surface area is 176 Å². The number of nitrogens with zero attached hydrogens (tertiary/aromatic N) is 4. The third-order valence-corrected chi connectivity index (χ3v) is 7.19. The van der Waals surface area contributed by atoms with Gasteiger partial charge in [0.25, 0.3) is 5.56 Å². The van der Waals surface area contributed by atoms with Crippen LogP contribution in [0.15, 0.2) is 35.5 Å². The predicted molar refractivity (Wildman–Crippen MR) is 120 cm³/mol. The Bertz CT molecular complexity index is 1020. The van der Waals surface area contributed by atoms with Gasteiger partial charge in [0, 0.05) is 42.3 Å². The zero-order valence-electron chi connectivity index (χ0n) is 17.6. The molecule has 5 nitrogen and oxygen atoms in total. The number of aryl methyl sites for hydroxylation is 2. The van der Waals surface area contributed by atoms with Crippen molar-refractivity contribution >= 4 is 21.6 Å². The van der Waals surface area contributed by atoms with Crippen molar-refractivity contribution in [3.8, 4) is 0 Å². The Morgan fingerprint density at radius 2 is 2.17 bits per heavy atom. The Morgan fingerprint density at radius 3 is 2.93 bits per heavy atom. The lowest BCUT2D eigenvalue weighted by molar-refractivity contribution is 0.225. The fourth-order valence-corrected chi connectivity index (χ4v) is 5.38. The molecule has 1 atom stereocenters. The Balaban J connectivity index is 1.49. The molecule has 0 radical (unpaired) electrons. The zero-order chi connectivity index (χ0) is 20.4. The van der Waals surface area contributed by atoms with Gasteiger partial charge in [0.2, 0.25) is 0 Å². The number of pyridine rings is 1. The van der Waals surface area contributed by atoms with Crippen LogP contribution < -0.4 is 5.56 Å². The van der Waals surface area contributed by atoms with Gasteiger partial charge in [-0.2, -0.15) is 0 Å². The summed E-state index contributed by atoms with van der Waals surface area (Å²) in [7, 11) is 2.21. The normalized spacial score (nSPS) is 16.7. The first-order chi connectivity index (χ1) is 14.0. The summed E-state index contributed by atoms with van der Waals surface area (Å²) in [6.07, 6.45) is 8.65. The Morgan fingerprint density at radius 1 is 1.31 bits per heavy atom. The topological polar surface area (TPSA) is 51.0 Å². The van der Waals surface area contributed by atoms with Crippen LogP contribution in [0.3, 0.4) is 0 Å². The van der Waals surface area contributed by atoms with Crippen molar-refractivity contribution in [3.63, 3.8) is 0 Å². The van der Waals surface area contributed by atoms with Crippen LogP contribution in [0.1, 0.15) is 42.8 Å². The molecule has 0 spiro atoms. The molecule has 1 aliphatic carbocycles. The average molecular weight is 411 g/mol. The van der Waals surface area contributed by atoms with Crippen molar-refractivity contribution in [1.29, 1.82) is 0 Å². The van der Waals surface area contributed by atoms with Gasteiger partial charge in [-0.15, -0.1) is 11.3 Å². The lowest BCUT2D eigenvalue weighted by Gasteiger charge is -2.31. The SMILES string of the molecule is CC(C)CCn1cnc2sc3c(c2c1=O)CCC(N(C)CCc1ccccn1)C3. The van der Waals surface area contributed by atoms with E-state index in [4.69, 9.17) is 0 Å². The van der Waals surface area contributed by atoms with Crippen molar-refractivity contribution in [2.45, 2.75) is 58.5 Å². The molecule has 1 aliphatic rings. The van der Waals surface area contributed by atoms with Gasteiger partial charge in [-0.05, 0) is 56.3 Å². The van der Waals surface area contributed by atoms with E-state index in [1.807, 2.05) is 18.3 Å². The van der Waals surface area contributed by atoms with E-state index in [2.05, 4.69) is 41.8 Å². The molecular formula is C23H30N4OS. The van der Waals surface area contributed by atoms with Crippen molar-refractivity contribution in [3.05, 3.63) is 57.2 Å². The summed E-state index contributed by atoms with van der Waals surface area (Å²) in [5.74, 6) is 0.580. The third-order valence-electron chi connectivity index (χ3n) is 6.03. The molecule has 0 aromatic carbocycles. The minimum atomic E-state index is 0.148. The van der Waals surface area contributed by atoms with Crippen LogP contribution in [0.25, 0.3) is 10.2 Å². The smallest absolute Gasteiger partial charge is 0.262 e. The molecule has 0 bridgehead atoms. The minimum absolute atomic E-state index is 0.148. The monoisotopic (exact) mass is 410 g/mol. The van der Waals surface area contributed by atoms with Crippen LogP contribution in [0, 0.1) is 5.92 Å². The summed E-state index contributed by atoms with van der Waals surface area (Å²) in [5, 5.41) is 0.880. The fraction of sp³-hybridized carbons (Fsp3) is 0.522. The first kappa shape index (κ1) is 20.2. The van der Waals surface area contributed by atoms with Crippen LogP contribution in [-0.4, -0.2) is 39.1 Å². The largest absolute Gasteiger partial charge is 0.303 e. The maximum absolute atomic E-state index is 13.1. The highest BCUT2D eigenvalue weighted by Gasteiger charge is 2.27. The highest BCUT2D eigenvalue weighted by molar-refractivity contribution is 7.18. The van der Waals surface area contributed by atoms with Crippen LogP contribution in [0.2, 0.25) is 0 Å². The quantitative estimate of drug-likeness (QED) is 0.592. The van der Waals surface area contributed by atoms with E-state index in [1.54, 1.807) is 22.2 Å². The molecule has 0 saturated carbocycles. The summed E-state index contributed by atoms with van der Waals surface area (Å²) in [6, 6.07) is 6.62. The third kappa shape index (κ3) is 4.43. The van der Waals surface area contributed by atoms with E-state index in [-0.39, 0.29) is 5.56 Å². The van der Waals surface area contributed by atoms with Crippen molar-refractivity contribution in [2.75, 3.05) is 13.6 Å². The molecule has 3 heterocycles. The predicted octanol–water partition coefficient (Wildman–Crippen LogP) is 3.93. The molecule has 0 aliphatic heterocycles. The number of thiophene rings is 1. The average Bonchev–Trinajstić information content (AvgIpc) is 3.10. The van der Waals surface area contributed by atoms with Gasteiger partial charge in [0.05, 0.1) is 11.7 Å². The van der Waals surface area contributed by atoms with Crippen LogP contribution in [0.4, 0.5) is 0 Å². The van der Waals surface area contributed by atoms with Gasteiger partial charge in [-0.1, -0.05) is 19.9 Å². The molecule has 0 fully saturated rings. The van der Waals surface area contributed by atoms with Crippen LogP contribution in [-0.2, 0) is 25.8 Å². The Kier molecular flexibility index (Phi) is 6.11. The number of likely N-dealkylation sites (N-methyl/N-ethyl adjacent to an activating group) is 1. The molecule has 4 rings (SSSR count). The molecule has 3 aromatic rings. The van der Waals surface area contributed by atoms with E-state index in [1.165, 1.54) is 10.4 Å². The maximum Gasteiger partial charge on any atom is 0.262 e. The van der Waals surface area contributed by atoms with E-state index in [0.29, 0.717) is 12.0 Å². The summed E-state index contributed by atoms with van der Waals surface area (Å²) >= 11 is 1.72. The number of rotatable bonds is 7. The standard InChI is InChI=1S/C23H30N4OS/c1-16(2)9-13-27-15-25-22-21(23(27)28)19-8-7-18(14-20(19)29-22)26(3)12-10-17-6-4-5-11-24-17/h4-6,11,15-16,18H,7-10,12-14H2,1-3H3. The van der Waals surface area contributed by atoms with Gasteiger partial charge >= 0.3 is 0 Å². The van der Waals surface area contributed by atoms with Crippen LogP contribution >= 0.6 is 11.3 Å². The Hall–Kier alpha value is -2.05. The molecule has 0 amide bonds. The summed E-state index contributed by atoms with van der Waals surface area (Å²) in [4.78, 5) is 26.8. The summed E-state index contributed by atoms with van der Waals surface area (Å²) in [5.41, 5.74) is 2.55. The molecule has 29 heavy (non-hydrogen) atoms. The second-order valence-electron chi connectivity index (χ2n) is 8.56. The molecule has 6 heteroatoms. The molecule has 1 unspecified atom stereocenters.